The van der Waals surface area contributed by atoms with Crippen LogP contribution in [0.1, 0.15) is 45.4 Å². The molecule has 19 heavy (non-hydrogen) atoms. The van der Waals surface area contributed by atoms with Gasteiger partial charge in [-0.1, -0.05) is 39.0 Å². The first kappa shape index (κ1) is 15.2. The van der Waals surface area contributed by atoms with Gasteiger partial charge in [-0.25, -0.2) is 0 Å². The summed E-state index contributed by atoms with van der Waals surface area (Å²) in [7, 11) is 0. The molecule has 0 radical (unpaired) electrons. The number of nitrogen functional groups attached to an aromatic ring is 1. The SMILES string of the molecule is CCCCCCCCOc1cc([N+](=O)[O-])cc(N)n1. The van der Waals surface area contributed by atoms with E-state index in [0.717, 1.165) is 12.8 Å². The number of hydrogen-bond donors (Lipinski definition) is 1. The number of pyridine rings is 1. The standard InChI is InChI=1S/C13H21N3O3/c1-2-3-4-5-6-7-8-19-13-10-11(16(17)18)9-12(14)15-13/h9-10H,2-8H2,1H3,(H2,14,15). The van der Waals surface area contributed by atoms with Crippen LogP contribution in [0.15, 0.2) is 12.1 Å². The second-order valence-electron chi connectivity index (χ2n) is 4.46. The van der Waals surface area contributed by atoms with Crippen molar-refractivity contribution >= 4 is 11.5 Å². The number of nitro groups is 1. The fraction of sp³-hybridized carbons (Fsp3) is 0.615. The van der Waals surface area contributed by atoms with Gasteiger partial charge in [0.2, 0.25) is 5.88 Å². The second kappa shape index (κ2) is 8.29. The van der Waals surface area contributed by atoms with Crippen LogP contribution in [0.25, 0.3) is 0 Å². The van der Waals surface area contributed by atoms with E-state index in [4.69, 9.17) is 10.5 Å². The first-order valence-electron chi connectivity index (χ1n) is 6.68. The molecule has 0 bridgehead atoms. The van der Waals surface area contributed by atoms with Crippen LogP contribution in [0.3, 0.4) is 0 Å². The number of nitrogens with two attached hydrogens (primary N) is 1. The summed E-state index contributed by atoms with van der Waals surface area (Å²) in [5, 5.41) is 10.6. The molecule has 1 heterocycles. The lowest BCUT2D eigenvalue weighted by molar-refractivity contribution is -0.384. The van der Waals surface area contributed by atoms with Crippen molar-refractivity contribution in [1.82, 2.24) is 4.98 Å². The molecule has 0 spiro atoms. The molecule has 0 aliphatic heterocycles. The molecule has 0 aliphatic rings. The summed E-state index contributed by atoms with van der Waals surface area (Å²) in [5.41, 5.74) is 5.39. The molecule has 0 amide bonds. The average molecular weight is 267 g/mol. The molecule has 1 aromatic heterocycles. The van der Waals surface area contributed by atoms with E-state index in [0.29, 0.717) is 6.61 Å². The van der Waals surface area contributed by atoms with Crippen LogP contribution in [-0.4, -0.2) is 16.5 Å². The largest absolute Gasteiger partial charge is 0.477 e. The lowest BCUT2D eigenvalue weighted by Gasteiger charge is -2.05. The molecule has 0 saturated carbocycles. The highest BCUT2D eigenvalue weighted by Gasteiger charge is 2.10. The molecule has 6 nitrogen and oxygen atoms in total. The average Bonchev–Trinajstić information content (AvgIpc) is 2.37. The van der Waals surface area contributed by atoms with Crippen molar-refractivity contribution < 1.29 is 9.66 Å². The Morgan fingerprint density at radius 2 is 1.95 bits per heavy atom. The fourth-order valence-corrected chi connectivity index (χ4v) is 1.75. The van der Waals surface area contributed by atoms with Crippen molar-refractivity contribution in [3.8, 4) is 5.88 Å². The van der Waals surface area contributed by atoms with Crippen LogP contribution in [0.5, 0.6) is 5.88 Å². The van der Waals surface area contributed by atoms with Crippen molar-refractivity contribution in [2.45, 2.75) is 45.4 Å². The number of unbranched alkanes of at least 4 members (excludes halogenated alkanes) is 5. The smallest absolute Gasteiger partial charge is 0.278 e. The monoisotopic (exact) mass is 267 g/mol. The van der Waals surface area contributed by atoms with Crippen LogP contribution in [0.4, 0.5) is 11.5 Å². The van der Waals surface area contributed by atoms with Gasteiger partial charge in [0, 0.05) is 0 Å². The predicted molar refractivity (Wildman–Crippen MR) is 74.2 cm³/mol. The van der Waals surface area contributed by atoms with Crippen LogP contribution in [0.2, 0.25) is 0 Å². The van der Waals surface area contributed by atoms with Gasteiger partial charge in [-0.05, 0) is 6.42 Å². The van der Waals surface area contributed by atoms with Crippen molar-refractivity contribution in [3.05, 3.63) is 22.2 Å². The maximum absolute atomic E-state index is 10.6. The summed E-state index contributed by atoms with van der Waals surface area (Å²) in [6, 6.07) is 2.52. The van der Waals surface area contributed by atoms with Gasteiger partial charge < -0.3 is 10.5 Å². The Morgan fingerprint density at radius 1 is 1.26 bits per heavy atom. The highest BCUT2D eigenvalue weighted by molar-refractivity contribution is 5.45. The number of ether oxygens (including phenoxy) is 1. The zero-order valence-corrected chi connectivity index (χ0v) is 11.3. The molecule has 2 N–H and O–H groups in total. The molecule has 0 aromatic carbocycles. The van der Waals surface area contributed by atoms with Gasteiger partial charge >= 0.3 is 0 Å². The van der Waals surface area contributed by atoms with E-state index in [2.05, 4.69) is 11.9 Å². The quantitative estimate of drug-likeness (QED) is 0.421. The van der Waals surface area contributed by atoms with Crippen LogP contribution in [0, 0.1) is 10.1 Å². The van der Waals surface area contributed by atoms with Gasteiger partial charge in [-0.2, -0.15) is 4.98 Å². The third kappa shape index (κ3) is 6.03. The Hall–Kier alpha value is -1.85. The summed E-state index contributed by atoms with van der Waals surface area (Å²) in [6.45, 7) is 2.70. The topological polar surface area (TPSA) is 91.3 Å². The third-order valence-corrected chi connectivity index (χ3v) is 2.77. The van der Waals surface area contributed by atoms with Gasteiger partial charge in [0.25, 0.3) is 5.69 Å². The molecular weight excluding hydrogens is 246 g/mol. The zero-order chi connectivity index (χ0) is 14.1. The maximum atomic E-state index is 10.6. The summed E-state index contributed by atoms with van der Waals surface area (Å²) in [4.78, 5) is 14.1. The normalized spacial score (nSPS) is 10.4. The number of nitrogens with zero attached hydrogens (tertiary/aromatic N) is 2. The first-order valence-corrected chi connectivity index (χ1v) is 6.68. The maximum Gasteiger partial charge on any atom is 0.278 e. The minimum atomic E-state index is -0.504. The van der Waals surface area contributed by atoms with Crippen molar-refractivity contribution in [2.24, 2.45) is 0 Å². The highest BCUT2D eigenvalue weighted by atomic mass is 16.6. The third-order valence-electron chi connectivity index (χ3n) is 2.77. The van der Waals surface area contributed by atoms with Crippen LogP contribution >= 0.6 is 0 Å². The van der Waals surface area contributed by atoms with Gasteiger partial charge in [-0.3, -0.25) is 10.1 Å². The van der Waals surface area contributed by atoms with E-state index in [-0.39, 0.29) is 17.4 Å². The van der Waals surface area contributed by atoms with Crippen LogP contribution < -0.4 is 10.5 Å². The highest BCUT2D eigenvalue weighted by Crippen LogP contribution is 2.20. The molecule has 1 rings (SSSR count). The zero-order valence-electron chi connectivity index (χ0n) is 11.3. The van der Waals surface area contributed by atoms with Gasteiger partial charge in [0.15, 0.2) is 0 Å². The van der Waals surface area contributed by atoms with E-state index in [1.54, 1.807) is 0 Å². The van der Waals surface area contributed by atoms with Gasteiger partial charge in [0.05, 0.1) is 23.7 Å². The molecule has 0 aliphatic carbocycles. The first-order chi connectivity index (χ1) is 9.13. The molecule has 0 atom stereocenters. The molecule has 0 fully saturated rings. The Morgan fingerprint density at radius 3 is 2.63 bits per heavy atom. The molecule has 0 saturated heterocycles. The Kier molecular flexibility index (Phi) is 6.63. The van der Waals surface area contributed by atoms with E-state index >= 15 is 0 Å². The molecular formula is C13H21N3O3. The second-order valence-corrected chi connectivity index (χ2v) is 4.46. The predicted octanol–water partition coefficient (Wildman–Crippen LogP) is 3.31. The molecule has 1 aromatic rings. The van der Waals surface area contributed by atoms with Crippen molar-refractivity contribution in [2.75, 3.05) is 12.3 Å². The summed E-state index contributed by atoms with van der Waals surface area (Å²) < 4.78 is 5.39. The van der Waals surface area contributed by atoms with Crippen molar-refractivity contribution in [3.63, 3.8) is 0 Å². The number of anilines is 1. The molecule has 0 unspecified atom stereocenters. The Balaban J connectivity index is 2.31. The summed E-state index contributed by atoms with van der Waals surface area (Å²) >= 11 is 0. The van der Waals surface area contributed by atoms with Gasteiger partial charge in [-0.15, -0.1) is 0 Å². The van der Waals surface area contributed by atoms with Crippen LogP contribution in [-0.2, 0) is 0 Å². The fourth-order valence-electron chi connectivity index (χ4n) is 1.75. The summed E-state index contributed by atoms with van der Waals surface area (Å²) in [5.74, 6) is 0.326. The number of aromatic nitrogens is 1. The van der Waals surface area contributed by atoms with Gasteiger partial charge in [0.1, 0.15) is 5.82 Å². The summed E-state index contributed by atoms with van der Waals surface area (Å²) in [6.07, 6.45) is 6.97. The van der Waals surface area contributed by atoms with E-state index < -0.39 is 4.92 Å². The Bertz CT molecular complexity index is 410. The number of rotatable bonds is 9. The lowest BCUT2D eigenvalue weighted by Crippen LogP contribution is -2.02. The van der Waals surface area contributed by atoms with E-state index in [1.165, 1.54) is 37.8 Å². The number of hydrogen-bond acceptors (Lipinski definition) is 5. The van der Waals surface area contributed by atoms with E-state index in [9.17, 15) is 10.1 Å². The molecule has 6 heteroatoms. The van der Waals surface area contributed by atoms with E-state index in [1.807, 2.05) is 0 Å². The van der Waals surface area contributed by atoms with Crippen molar-refractivity contribution in [1.29, 1.82) is 0 Å². The molecule has 106 valence electrons. The minimum Gasteiger partial charge on any atom is -0.477 e. The lowest BCUT2D eigenvalue weighted by atomic mass is 10.1. The Labute approximate surface area is 113 Å². The minimum absolute atomic E-state index is 0.0922.